The second kappa shape index (κ2) is 4.01. The van der Waals surface area contributed by atoms with E-state index in [4.69, 9.17) is 0 Å². The number of carbonyl (C=O) groups excluding carboxylic acids is 1. The highest BCUT2D eigenvalue weighted by Gasteiger charge is 2.20. The van der Waals surface area contributed by atoms with Gasteiger partial charge >= 0.3 is 0 Å². The van der Waals surface area contributed by atoms with E-state index in [-0.39, 0.29) is 5.91 Å². The molecule has 2 aromatic rings. The van der Waals surface area contributed by atoms with Crippen LogP contribution in [0.25, 0.3) is 10.8 Å². The lowest BCUT2D eigenvalue weighted by Crippen LogP contribution is -2.25. The number of hydrazine groups is 1. The number of carbonyl (C=O) groups is 1. The smallest absolute Gasteiger partial charge is 0.269 e. The van der Waals surface area contributed by atoms with Crippen molar-refractivity contribution in [2.24, 2.45) is 0 Å². The fraction of sp³-hybridized carbons (Fsp3) is 0.143. The van der Waals surface area contributed by atoms with Gasteiger partial charge in [-0.2, -0.15) is 0 Å². The highest BCUT2D eigenvalue weighted by atomic mass is 16.2. The largest absolute Gasteiger partial charge is 0.280 e. The summed E-state index contributed by atoms with van der Waals surface area (Å²) in [5, 5.41) is 2.42. The molecule has 1 saturated heterocycles. The van der Waals surface area contributed by atoms with Gasteiger partial charge in [-0.25, -0.2) is 0 Å². The number of hydrogen-bond donors (Lipinski definition) is 1. The van der Waals surface area contributed by atoms with Crippen LogP contribution < -0.4 is 5.43 Å². The summed E-state index contributed by atoms with van der Waals surface area (Å²) in [6.45, 7) is 0.738. The van der Waals surface area contributed by atoms with Crippen molar-refractivity contribution < 1.29 is 9.48 Å². The average Bonchev–Trinajstić information content (AvgIpc) is 2.75. The lowest BCUT2D eigenvalue weighted by atomic mass is 10.1. The zero-order valence-corrected chi connectivity index (χ0v) is 9.39. The van der Waals surface area contributed by atoms with Gasteiger partial charge in [0.05, 0.1) is 6.42 Å². The summed E-state index contributed by atoms with van der Waals surface area (Å²) >= 11 is 0. The molecule has 1 aliphatic heterocycles. The molecule has 0 atom stereocenters. The van der Waals surface area contributed by atoms with E-state index in [2.05, 4.69) is 29.7 Å². The minimum absolute atomic E-state index is 0.0847. The third kappa shape index (κ3) is 1.91. The SMILES string of the molecule is O=C1CC/[N+](=C\c2cccc3ccccc23)N1. The van der Waals surface area contributed by atoms with Gasteiger partial charge in [0, 0.05) is 5.56 Å². The Morgan fingerprint density at radius 1 is 1.12 bits per heavy atom. The summed E-state index contributed by atoms with van der Waals surface area (Å²) < 4.78 is 1.85. The van der Waals surface area contributed by atoms with Crippen molar-refractivity contribution in [1.29, 1.82) is 0 Å². The van der Waals surface area contributed by atoms with Gasteiger partial charge in [-0.15, -0.1) is 10.1 Å². The molecule has 3 heteroatoms. The third-order valence-electron chi connectivity index (χ3n) is 2.97. The summed E-state index contributed by atoms with van der Waals surface area (Å²) in [4.78, 5) is 11.1. The zero-order valence-electron chi connectivity index (χ0n) is 9.39. The Kier molecular flexibility index (Phi) is 2.37. The lowest BCUT2D eigenvalue weighted by molar-refractivity contribution is -0.553. The molecule has 0 aliphatic carbocycles. The van der Waals surface area contributed by atoms with E-state index < -0.39 is 0 Å². The molecule has 3 rings (SSSR count). The van der Waals surface area contributed by atoms with E-state index in [1.807, 2.05) is 29.1 Å². The molecule has 3 nitrogen and oxygen atoms in total. The molecule has 0 unspecified atom stereocenters. The molecule has 0 aromatic heterocycles. The standard InChI is InChI=1S/C14H12N2O/c17-14-8-9-16(15-14)10-12-6-3-5-11-4-1-2-7-13(11)12/h1-7,10H,8-9H2/p+1/b16-10+. The first-order chi connectivity index (χ1) is 8.33. The monoisotopic (exact) mass is 225 g/mol. The van der Waals surface area contributed by atoms with Crippen molar-refractivity contribution in [1.82, 2.24) is 5.43 Å². The number of hydrogen-bond acceptors (Lipinski definition) is 1. The maximum atomic E-state index is 11.1. The summed E-state index contributed by atoms with van der Waals surface area (Å²) in [6.07, 6.45) is 2.56. The first-order valence-corrected chi connectivity index (χ1v) is 5.72. The molecular formula is C14H13N2O+. The summed E-state index contributed by atoms with van der Waals surface area (Å²) in [5.74, 6) is 0.0847. The highest BCUT2D eigenvalue weighted by molar-refractivity contribution is 5.98. The average molecular weight is 225 g/mol. The van der Waals surface area contributed by atoms with Gasteiger partial charge in [0.1, 0.15) is 0 Å². The van der Waals surface area contributed by atoms with E-state index in [9.17, 15) is 4.79 Å². The maximum Gasteiger partial charge on any atom is 0.280 e. The molecule has 1 amide bonds. The number of fused-ring (bicyclic) bond motifs is 1. The quantitative estimate of drug-likeness (QED) is 0.736. The molecular weight excluding hydrogens is 212 g/mol. The van der Waals surface area contributed by atoms with E-state index >= 15 is 0 Å². The number of rotatable bonds is 1. The minimum atomic E-state index is 0.0847. The number of amides is 1. The van der Waals surface area contributed by atoms with Crippen LogP contribution in [-0.2, 0) is 4.79 Å². The second-order valence-corrected chi connectivity index (χ2v) is 4.18. The third-order valence-corrected chi connectivity index (χ3v) is 2.97. The van der Waals surface area contributed by atoms with Crippen LogP contribution in [0.4, 0.5) is 0 Å². The van der Waals surface area contributed by atoms with Crippen molar-refractivity contribution in [2.45, 2.75) is 6.42 Å². The number of nitrogens with one attached hydrogen (secondary N) is 1. The van der Waals surface area contributed by atoms with Crippen molar-refractivity contribution in [3.05, 3.63) is 48.0 Å². The Hall–Kier alpha value is -2.16. The molecule has 0 spiro atoms. The first-order valence-electron chi connectivity index (χ1n) is 5.72. The predicted octanol–water partition coefficient (Wildman–Crippen LogP) is 1.71. The Balaban J connectivity index is 2.09. The fourth-order valence-corrected chi connectivity index (χ4v) is 2.12. The van der Waals surface area contributed by atoms with Gasteiger partial charge in [-0.1, -0.05) is 36.4 Å². The van der Waals surface area contributed by atoms with Crippen molar-refractivity contribution in [2.75, 3.05) is 6.54 Å². The summed E-state index contributed by atoms with van der Waals surface area (Å²) in [6, 6.07) is 14.4. The van der Waals surface area contributed by atoms with Crippen molar-refractivity contribution in [3.8, 4) is 0 Å². The van der Waals surface area contributed by atoms with E-state index in [1.54, 1.807) is 0 Å². The molecule has 2 aromatic carbocycles. The van der Waals surface area contributed by atoms with E-state index in [1.165, 1.54) is 10.8 Å². The predicted molar refractivity (Wildman–Crippen MR) is 67.0 cm³/mol. The first kappa shape index (κ1) is 10.0. The van der Waals surface area contributed by atoms with Crippen LogP contribution >= 0.6 is 0 Å². The van der Waals surface area contributed by atoms with Crippen LogP contribution in [0.1, 0.15) is 12.0 Å². The van der Waals surface area contributed by atoms with Gasteiger partial charge < -0.3 is 0 Å². The number of hydrazone groups is 1. The summed E-state index contributed by atoms with van der Waals surface area (Å²) in [7, 11) is 0. The lowest BCUT2D eigenvalue weighted by Gasteiger charge is -2.00. The molecule has 1 fully saturated rings. The van der Waals surface area contributed by atoms with Crippen molar-refractivity contribution in [3.63, 3.8) is 0 Å². The molecule has 0 bridgehead atoms. The molecule has 1 N–H and O–H groups in total. The highest BCUT2D eigenvalue weighted by Crippen LogP contribution is 2.16. The molecule has 84 valence electrons. The molecule has 0 radical (unpaired) electrons. The Labute approximate surface area is 99.4 Å². The normalized spacial score (nSPS) is 17.6. The molecule has 1 aliphatic rings. The Bertz CT molecular complexity index is 611. The zero-order chi connectivity index (χ0) is 11.7. The van der Waals surface area contributed by atoms with Gasteiger partial charge in [0.2, 0.25) is 6.21 Å². The summed E-state index contributed by atoms with van der Waals surface area (Å²) in [5.41, 5.74) is 3.94. The van der Waals surface area contributed by atoms with Crippen LogP contribution in [0.5, 0.6) is 0 Å². The van der Waals surface area contributed by atoms with Crippen LogP contribution in [0.2, 0.25) is 0 Å². The van der Waals surface area contributed by atoms with E-state index in [0.29, 0.717) is 6.42 Å². The van der Waals surface area contributed by atoms with Gasteiger partial charge in [-0.3, -0.25) is 4.79 Å². The second-order valence-electron chi connectivity index (χ2n) is 4.18. The topological polar surface area (TPSA) is 32.1 Å². The number of benzene rings is 2. The van der Waals surface area contributed by atoms with E-state index in [0.717, 1.165) is 12.1 Å². The number of nitrogens with zero attached hydrogens (tertiary/aromatic N) is 1. The Morgan fingerprint density at radius 2 is 1.94 bits per heavy atom. The molecule has 0 saturated carbocycles. The Morgan fingerprint density at radius 3 is 2.76 bits per heavy atom. The molecule has 1 heterocycles. The fourth-order valence-electron chi connectivity index (χ4n) is 2.12. The van der Waals surface area contributed by atoms with Crippen LogP contribution in [0.3, 0.4) is 0 Å². The molecule has 17 heavy (non-hydrogen) atoms. The van der Waals surface area contributed by atoms with Gasteiger partial charge in [0.15, 0.2) is 6.54 Å². The van der Waals surface area contributed by atoms with Crippen LogP contribution in [-0.4, -0.2) is 23.4 Å². The maximum absolute atomic E-state index is 11.1. The van der Waals surface area contributed by atoms with Crippen molar-refractivity contribution >= 4 is 22.9 Å². The van der Waals surface area contributed by atoms with Crippen LogP contribution in [0, 0.1) is 0 Å². The minimum Gasteiger partial charge on any atom is -0.269 e. The van der Waals surface area contributed by atoms with Gasteiger partial charge in [-0.05, 0) is 16.8 Å². The van der Waals surface area contributed by atoms with Gasteiger partial charge in [0.25, 0.3) is 5.91 Å². The van der Waals surface area contributed by atoms with Crippen LogP contribution in [0.15, 0.2) is 42.5 Å².